The molecule has 1 heterocycles. The van der Waals surface area contributed by atoms with Gasteiger partial charge in [0.05, 0.1) is 6.54 Å². The summed E-state index contributed by atoms with van der Waals surface area (Å²) in [5, 5.41) is 0. The van der Waals surface area contributed by atoms with Gasteiger partial charge < -0.3 is 15.0 Å². The zero-order valence-electron chi connectivity index (χ0n) is 11.1. The van der Waals surface area contributed by atoms with Crippen LogP contribution in [-0.2, 0) is 6.54 Å². The number of nitrogens with two attached hydrogens (primary N) is 1. The monoisotopic (exact) mass is 263 g/mol. The summed E-state index contributed by atoms with van der Waals surface area (Å²) in [5.41, 5.74) is 6.46. The molecule has 0 amide bonds. The predicted octanol–water partition coefficient (Wildman–Crippen LogP) is 2.43. The van der Waals surface area contributed by atoms with Crippen LogP contribution < -0.4 is 10.5 Å². The highest BCUT2D eigenvalue weighted by atomic mass is 19.1. The minimum Gasteiger partial charge on any atom is -0.489 e. The molecule has 19 heavy (non-hydrogen) atoms. The molecule has 2 rings (SSSR count). The van der Waals surface area contributed by atoms with Crippen LogP contribution in [0.4, 0.5) is 4.39 Å². The number of halogens is 1. The number of nitrogens with zero attached hydrogens (tertiary/aromatic N) is 2. The van der Waals surface area contributed by atoms with Crippen LogP contribution in [0.15, 0.2) is 30.6 Å². The first kappa shape index (κ1) is 13.5. The molecule has 0 fully saturated rings. The Morgan fingerprint density at radius 3 is 2.84 bits per heavy atom. The van der Waals surface area contributed by atoms with E-state index in [9.17, 15) is 4.39 Å². The molecule has 2 N–H and O–H groups in total. The predicted molar refractivity (Wildman–Crippen MR) is 71.5 cm³/mol. The average molecular weight is 263 g/mol. The summed E-state index contributed by atoms with van der Waals surface area (Å²) < 4.78 is 21.1. The standard InChI is InChI=1S/C14H18FN3O/c1-10(16)12-3-4-14(13(15)9-12)19-8-7-18-6-5-17-11(18)2/h3-6,9-10H,7-8,16H2,1-2H3/t10-/m0/s1. The molecule has 2 aromatic rings. The lowest BCUT2D eigenvalue weighted by molar-refractivity contribution is 0.283. The number of aryl methyl sites for hydroxylation is 1. The molecule has 0 aliphatic rings. The molecule has 0 aliphatic heterocycles. The van der Waals surface area contributed by atoms with Crippen molar-refractivity contribution in [3.63, 3.8) is 0 Å². The summed E-state index contributed by atoms with van der Waals surface area (Å²) in [7, 11) is 0. The number of hydrogen-bond donors (Lipinski definition) is 1. The third-order valence-electron chi connectivity index (χ3n) is 3.00. The molecule has 0 aliphatic carbocycles. The molecule has 0 radical (unpaired) electrons. The summed E-state index contributed by atoms with van der Waals surface area (Å²) in [6, 6.07) is 4.64. The van der Waals surface area contributed by atoms with Gasteiger partial charge in [-0.1, -0.05) is 6.07 Å². The normalized spacial score (nSPS) is 12.4. The SMILES string of the molecule is Cc1nccn1CCOc1ccc([C@H](C)N)cc1F. The van der Waals surface area contributed by atoms with E-state index < -0.39 is 0 Å². The van der Waals surface area contributed by atoms with Gasteiger partial charge in [-0.2, -0.15) is 0 Å². The largest absolute Gasteiger partial charge is 0.489 e. The number of ether oxygens (including phenoxy) is 1. The molecule has 4 nitrogen and oxygen atoms in total. The van der Waals surface area contributed by atoms with Crippen LogP contribution in [0.5, 0.6) is 5.75 Å². The average Bonchev–Trinajstić information content (AvgIpc) is 2.77. The van der Waals surface area contributed by atoms with Crippen molar-refractivity contribution in [3.8, 4) is 5.75 Å². The van der Waals surface area contributed by atoms with E-state index in [0.717, 1.165) is 11.4 Å². The summed E-state index contributed by atoms with van der Waals surface area (Å²) >= 11 is 0. The Labute approximate surface area is 112 Å². The van der Waals surface area contributed by atoms with Crippen LogP contribution in [0.25, 0.3) is 0 Å². The van der Waals surface area contributed by atoms with Gasteiger partial charge in [0.15, 0.2) is 11.6 Å². The Kier molecular flexibility index (Phi) is 4.16. The summed E-state index contributed by atoms with van der Waals surface area (Å²) in [6.45, 7) is 4.76. The van der Waals surface area contributed by atoms with Crippen LogP contribution in [0.1, 0.15) is 24.4 Å². The van der Waals surface area contributed by atoms with Gasteiger partial charge in [-0.05, 0) is 31.5 Å². The van der Waals surface area contributed by atoms with E-state index in [2.05, 4.69) is 4.98 Å². The van der Waals surface area contributed by atoms with Crippen LogP contribution in [0, 0.1) is 12.7 Å². The van der Waals surface area contributed by atoms with Gasteiger partial charge in [0.1, 0.15) is 12.4 Å². The smallest absolute Gasteiger partial charge is 0.165 e. The topological polar surface area (TPSA) is 53.1 Å². The zero-order valence-corrected chi connectivity index (χ0v) is 11.1. The second-order valence-corrected chi connectivity index (χ2v) is 4.49. The first-order chi connectivity index (χ1) is 9.08. The van der Waals surface area contributed by atoms with Crippen molar-refractivity contribution in [2.45, 2.75) is 26.4 Å². The number of aromatic nitrogens is 2. The third-order valence-corrected chi connectivity index (χ3v) is 3.00. The molecular formula is C14H18FN3O. The number of benzene rings is 1. The lowest BCUT2D eigenvalue weighted by Crippen LogP contribution is -2.10. The molecule has 1 aromatic heterocycles. The summed E-state index contributed by atoms with van der Waals surface area (Å²) in [5.74, 6) is 0.788. The fourth-order valence-electron chi connectivity index (χ4n) is 1.81. The molecule has 5 heteroatoms. The highest BCUT2D eigenvalue weighted by Gasteiger charge is 2.07. The second-order valence-electron chi connectivity index (χ2n) is 4.49. The van der Waals surface area contributed by atoms with Crippen molar-refractivity contribution >= 4 is 0 Å². The van der Waals surface area contributed by atoms with E-state index >= 15 is 0 Å². The van der Waals surface area contributed by atoms with Gasteiger partial charge in [0.2, 0.25) is 0 Å². The zero-order chi connectivity index (χ0) is 13.8. The highest BCUT2D eigenvalue weighted by Crippen LogP contribution is 2.21. The Balaban J connectivity index is 1.95. The Hall–Kier alpha value is -1.88. The fourth-order valence-corrected chi connectivity index (χ4v) is 1.81. The van der Waals surface area contributed by atoms with Crippen molar-refractivity contribution in [2.75, 3.05) is 6.61 Å². The van der Waals surface area contributed by atoms with Crippen LogP contribution in [-0.4, -0.2) is 16.2 Å². The molecule has 0 spiro atoms. The maximum absolute atomic E-state index is 13.8. The van der Waals surface area contributed by atoms with Crippen LogP contribution >= 0.6 is 0 Å². The van der Waals surface area contributed by atoms with E-state index in [1.54, 1.807) is 18.3 Å². The van der Waals surface area contributed by atoms with Crippen molar-refractivity contribution in [1.29, 1.82) is 0 Å². The third kappa shape index (κ3) is 3.32. The lowest BCUT2D eigenvalue weighted by Gasteiger charge is -2.11. The molecule has 0 saturated heterocycles. The maximum atomic E-state index is 13.8. The second kappa shape index (κ2) is 5.84. The first-order valence-electron chi connectivity index (χ1n) is 6.23. The van der Waals surface area contributed by atoms with Crippen molar-refractivity contribution in [3.05, 3.63) is 47.8 Å². The Bertz CT molecular complexity index is 551. The van der Waals surface area contributed by atoms with Crippen molar-refractivity contribution in [1.82, 2.24) is 9.55 Å². The van der Waals surface area contributed by atoms with Crippen molar-refractivity contribution in [2.24, 2.45) is 5.73 Å². The van der Waals surface area contributed by atoms with Gasteiger partial charge in [-0.15, -0.1) is 0 Å². The van der Waals surface area contributed by atoms with Gasteiger partial charge >= 0.3 is 0 Å². The highest BCUT2D eigenvalue weighted by molar-refractivity contribution is 5.30. The molecule has 0 unspecified atom stereocenters. The number of hydrogen-bond acceptors (Lipinski definition) is 3. The summed E-state index contributed by atoms with van der Waals surface area (Å²) in [4.78, 5) is 4.11. The van der Waals surface area contributed by atoms with E-state index in [4.69, 9.17) is 10.5 Å². The maximum Gasteiger partial charge on any atom is 0.165 e. The minimum atomic E-state index is -0.378. The molecule has 1 atom stereocenters. The van der Waals surface area contributed by atoms with E-state index in [0.29, 0.717) is 13.2 Å². The fraction of sp³-hybridized carbons (Fsp3) is 0.357. The molecule has 0 saturated carbocycles. The van der Waals surface area contributed by atoms with Gasteiger partial charge in [-0.25, -0.2) is 9.37 Å². The summed E-state index contributed by atoms with van der Waals surface area (Å²) in [6.07, 6.45) is 3.60. The Morgan fingerprint density at radius 2 is 2.26 bits per heavy atom. The van der Waals surface area contributed by atoms with Crippen LogP contribution in [0.2, 0.25) is 0 Å². The van der Waals surface area contributed by atoms with E-state index in [1.807, 2.05) is 24.6 Å². The van der Waals surface area contributed by atoms with Gasteiger partial charge in [0.25, 0.3) is 0 Å². The molecule has 0 bridgehead atoms. The molecule has 1 aromatic carbocycles. The number of rotatable bonds is 5. The van der Waals surface area contributed by atoms with E-state index in [1.165, 1.54) is 6.07 Å². The van der Waals surface area contributed by atoms with Crippen molar-refractivity contribution < 1.29 is 9.13 Å². The first-order valence-corrected chi connectivity index (χ1v) is 6.23. The van der Waals surface area contributed by atoms with E-state index in [-0.39, 0.29) is 17.6 Å². The minimum absolute atomic E-state index is 0.183. The van der Waals surface area contributed by atoms with Crippen LogP contribution in [0.3, 0.4) is 0 Å². The quantitative estimate of drug-likeness (QED) is 0.901. The lowest BCUT2D eigenvalue weighted by atomic mass is 10.1. The molecule has 102 valence electrons. The van der Waals surface area contributed by atoms with Gasteiger partial charge in [0, 0.05) is 18.4 Å². The number of imidazole rings is 1. The Morgan fingerprint density at radius 1 is 1.47 bits per heavy atom. The molecular weight excluding hydrogens is 245 g/mol. The van der Waals surface area contributed by atoms with Gasteiger partial charge in [-0.3, -0.25) is 0 Å².